The average Bonchev–Trinajstić information content (AvgIpc) is 2.61. The summed E-state index contributed by atoms with van der Waals surface area (Å²) in [6.45, 7) is 2.19. The summed E-state index contributed by atoms with van der Waals surface area (Å²) in [5.41, 5.74) is 0.821. The molecule has 0 bridgehead atoms. The van der Waals surface area contributed by atoms with E-state index in [1.807, 2.05) is 30.3 Å². The van der Waals surface area contributed by atoms with Gasteiger partial charge in [0.15, 0.2) is 10.6 Å². The van der Waals surface area contributed by atoms with Crippen molar-refractivity contribution >= 4 is 27.5 Å². The number of carbonyl (C=O) groups excluding carboxylic acids is 1. The third-order valence-corrected chi connectivity index (χ3v) is 6.40. The van der Waals surface area contributed by atoms with E-state index in [-0.39, 0.29) is 16.7 Å². The molecule has 0 aromatic heterocycles. The molecule has 0 N–H and O–H groups in total. The number of Topliss-reactive ketones (excluding diaryl/α,β-unsaturated/α-hetero) is 1. The number of rotatable bonds is 6. The molecule has 0 spiro atoms. The van der Waals surface area contributed by atoms with E-state index in [1.54, 1.807) is 0 Å². The Morgan fingerprint density at radius 2 is 1.57 bits per heavy atom. The second-order valence-electron chi connectivity index (χ2n) is 5.61. The number of carbonyl (C=O) groups is 1. The maximum Gasteiger partial charge on any atom is 0.212 e. The van der Waals surface area contributed by atoms with E-state index >= 15 is 0 Å². The summed E-state index contributed by atoms with van der Waals surface area (Å²) in [5, 5.41) is 2.54. The Labute approximate surface area is 140 Å². The van der Waals surface area contributed by atoms with Crippen LogP contribution in [0.3, 0.4) is 0 Å². The summed E-state index contributed by atoms with van der Waals surface area (Å²) < 4.78 is 0. The Morgan fingerprint density at radius 3 is 2.35 bits per heavy atom. The lowest BCUT2D eigenvalue weighted by Crippen LogP contribution is -2.20. The number of hydrogen-bond acceptors (Lipinski definition) is 1. The van der Waals surface area contributed by atoms with Crippen LogP contribution in [0.2, 0.25) is 0 Å². The van der Waals surface area contributed by atoms with Gasteiger partial charge in [0.05, 0.1) is 0 Å². The highest BCUT2D eigenvalue weighted by atomic mass is 32.2. The largest absolute Gasteiger partial charge is 0.289 e. The zero-order valence-electron chi connectivity index (χ0n) is 13.4. The molecule has 3 rings (SSSR count). The lowest BCUT2D eigenvalue weighted by Gasteiger charge is -2.10. The highest BCUT2D eigenvalue weighted by Gasteiger charge is 2.27. The molecule has 1 nitrogen and oxygen atoms in total. The Kier molecular flexibility index (Phi) is 5.14. The van der Waals surface area contributed by atoms with Crippen LogP contribution in [0.1, 0.15) is 23.7 Å². The van der Waals surface area contributed by atoms with Gasteiger partial charge in [-0.25, -0.2) is 0 Å². The van der Waals surface area contributed by atoms with Gasteiger partial charge in [-0.1, -0.05) is 67.6 Å². The predicted molar refractivity (Wildman–Crippen MR) is 100 cm³/mol. The van der Waals surface area contributed by atoms with Crippen LogP contribution in [-0.4, -0.2) is 17.3 Å². The van der Waals surface area contributed by atoms with Crippen molar-refractivity contribution < 1.29 is 4.79 Å². The fraction of sp³-hybridized carbons (Fsp3) is 0.190. The standard InChI is InChI=1S/C21H21OS/c1-2-15-23(16-20(22)18-10-4-3-5-11-18)21-14-8-12-17-9-6-7-13-19(17)21/h3-14H,2,15-16H2,1H3/q+1. The van der Waals surface area contributed by atoms with E-state index in [1.165, 1.54) is 15.7 Å². The molecule has 1 atom stereocenters. The minimum absolute atomic E-state index is 0.0426. The van der Waals surface area contributed by atoms with E-state index < -0.39 is 0 Å². The molecule has 0 saturated heterocycles. The molecule has 0 aliphatic carbocycles. The molecule has 3 aromatic carbocycles. The van der Waals surface area contributed by atoms with E-state index in [4.69, 9.17) is 0 Å². The van der Waals surface area contributed by atoms with Crippen LogP contribution in [0.5, 0.6) is 0 Å². The van der Waals surface area contributed by atoms with E-state index in [0.29, 0.717) is 5.75 Å². The van der Waals surface area contributed by atoms with Crippen molar-refractivity contribution in [2.24, 2.45) is 0 Å². The summed E-state index contributed by atoms with van der Waals surface area (Å²) in [6, 6.07) is 24.6. The van der Waals surface area contributed by atoms with Crippen LogP contribution >= 0.6 is 0 Å². The van der Waals surface area contributed by atoms with Gasteiger partial charge in [-0.05, 0) is 23.9 Å². The van der Waals surface area contributed by atoms with Crippen molar-refractivity contribution in [1.82, 2.24) is 0 Å². The zero-order chi connectivity index (χ0) is 16.1. The molecule has 0 aliphatic heterocycles. The van der Waals surface area contributed by atoms with Crippen molar-refractivity contribution in [2.75, 3.05) is 11.5 Å². The Hall–Kier alpha value is -2.06. The van der Waals surface area contributed by atoms with Gasteiger partial charge >= 0.3 is 0 Å². The number of hydrogen-bond donors (Lipinski definition) is 0. The van der Waals surface area contributed by atoms with Gasteiger partial charge in [0.2, 0.25) is 5.78 Å². The van der Waals surface area contributed by atoms with E-state index in [9.17, 15) is 4.79 Å². The Balaban J connectivity index is 1.93. The molecule has 0 radical (unpaired) electrons. The quantitative estimate of drug-likeness (QED) is 0.455. The number of ketones is 1. The van der Waals surface area contributed by atoms with Gasteiger partial charge in [-0.15, -0.1) is 0 Å². The van der Waals surface area contributed by atoms with Crippen LogP contribution < -0.4 is 0 Å². The van der Waals surface area contributed by atoms with Crippen LogP contribution in [0.15, 0.2) is 77.7 Å². The molecule has 2 heteroatoms. The molecule has 0 amide bonds. The molecular weight excluding hydrogens is 300 g/mol. The van der Waals surface area contributed by atoms with Crippen molar-refractivity contribution in [2.45, 2.75) is 18.2 Å². The van der Waals surface area contributed by atoms with Crippen LogP contribution in [0, 0.1) is 0 Å². The van der Waals surface area contributed by atoms with Gasteiger partial charge in [0, 0.05) is 21.8 Å². The molecule has 1 unspecified atom stereocenters. The first-order chi connectivity index (χ1) is 11.3. The molecule has 116 valence electrons. The Morgan fingerprint density at radius 1 is 0.870 bits per heavy atom. The molecule has 0 saturated carbocycles. The summed E-state index contributed by atoms with van der Waals surface area (Å²) >= 11 is 0. The first-order valence-electron chi connectivity index (χ1n) is 8.03. The molecule has 0 fully saturated rings. The van der Waals surface area contributed by atoms with Gasteiger partial charge in [0.25, 0.3) is 0 Å². The number of fused-ring (bicyclic) bond motifs is 1. The second kappa shape index (κ2) is 7.47. The van der Waals surface area contributed by atoms with E-state index in [2.05, 4.69) is 49.4 Å². The lowest BCUT2D eigenvalue weighted by molar-refractivity contribution is 0.102. The van der Waals surface area contributed by atoms with Crippen molar-refractivity contribution in [3.63, 3.8) is 0 Å². The summed E-state index contributed by atoms with van der Waals surface area (Å²) in [6.07, 6.45) is 1.09. The highest BCUT2D eigenvalue weighted by Crippen LogP contribution is 2.26. The molecular formula is C21H21OS+. The van der Waals surface area contributed by atoms with Crippen LogP contribution in [0.25, 0.3) is 10.8 Å². The van der Waals surface area contributed by atoms with E-state index in [0.717, 1.165) is 17.7 Å². The van der Waals surface area contributed by atoms with Gasteiger partial charge in [-0.2, -0.15) is 0 Å². The minimum atomic E-state index is -0.0426. The first kappa shape index (κ1) is 15.8. The third-order valence-electron chi connectivity index (χ3n) is 3.91. The highest BCUT2D eigenvalue weighted by molar-refractivity contribution is 7.97. The van der Waals surface area contributed by atoms with Gasteiger partial charge in [-0.3, -0.25) is 4.79 Å². The monoisotopic (exact) mass is 321 g/mol. The fourth-order valence-electron chi connectivity index (χ4n) is 2.82. The summed E-state index contributed by atoms with van der Waals surface area (Å²) in [4.78, 5) is 14.0. The minimum Gasteiger partial charge on any atom is -0.289 e. The molecule has 23 heavy (non-hydrogen) atoms. The smallest absolute Gasteiger partial charge is 0.212 e. The van der Waals surface area contributed by atoms with Gasteiger partial charge in [0.1, 0.15) is 5.75 Å². The molecule has 0 heterocycles. The second-order valence-corrected chi connectivity index (χ2v) is 7.73. The third kappa shape index (κ3) is 3.65. The number of benzene rings is 3. The lowest BCUT2D eigenvalue weighted by atomic mass is 10.1. The topological polar surface area (TPSA) is 17.1 Å². The maximum absolute atomic E-state index is 12.6. The average molecular weight is 321 g/mol. The summed E-state index contributed by atoms with van der Waals surface area (Å²) in [5.74, 6) is 1.91. The normalized spacial score (nSPS) is 12.2. The summed E-state index contributed by atoms with van der Waals surface area (Å²) in [7, 11) is -0.0426. The molecule has 0 aliphatic rings. The maximum atomic E-state index is 12.6. The van der Waals surface area contributed by atoms with Crippen molar-refractivity contribution in [3.05, 3.63) is 78.4 Å². The van der Waals surface area contributed by atoms with Crippen LogP contribution in [0.4, 0.5) is 0 Å². The SMILES string of the molecule is CCC[S+](CC(=O)c1ccccc1)c1cccc2ccccc12. The first-order valence-corrected chi connectivity index (χ1v) is 9.59. The zero-order valence-corrected chi connectivity index (χ0v) is 14.2. The van der Waals surface area contributed by atoms with Crippen LogP contribution in [-0.2, 0) is 10.9 Å². The predicted octanol–water partition coefficient (Wildman–Crippen LogP) is 5.11. The van der Waals surface area contributed by atoms with Gasteiger partial charge < -0.3 is 0 Å². The molecule has 3 aromatic rings. The Bertz CT molecular complexity index is 790. The van der Waals surface area contributed by atoms with Crippen molar-refractivity contribution in [3.8, 4) is 0 Å². The fourth-order valence-corrected chi connectivity index (χ4v) is 5.08. The van der Waals surface area contributed by atoms with Crippen molar-refractivity contribution in [1.29, 1.82) is 0 Å².